The first-order valence-electron chi connectivity index (χ1n) is 4.42. The van der Waals surface area contributed by atoms with E-state index in [1.807, 2.05) is 25.1 Å². The number of Topliss-reactive ketones (excluding diaryl/α,β-unsaturated/α-hetero) is 1. The second kappa shape index (κ2) is 3.18. The minimum atomic E-state index is 0.0424. The molecule has 3 nitrogen and oxygen atoms in total. The minimum absolute atomic E-state index is 0.0424. The fourth-order valence-corrected chi connectivity index (χ4v) is 1.45. The molecule has 0 N–H and O–H groups in total. The van der Waals surface area contributed by atoms with E-state index in [4.69, 9.17) is 0 Å². The Morgan fingerprint density at radius 2 is 2.21 bits per heavy atom. The van der Waals surface area contributed by atoms with E-state index < -0.39 is 0 Å². The summed E-state index contributed by atoms with van der Waals surface area (Å²) in [5, 5.41) is 0.906. The second-order valence-electron chi connectivity index (χ2n) is 3.23. The fourth-order valence-electron chi connectivity index (χ4n) is 1.45. The van der Waals surface area contributed by atoms with E-state index in [2.05, 4.69) is 9.97 Å². The van der Waals surface area contributed by atoms with E-state index in [9.17, 15) is 4.79 Å². The van der Waals surface area contributed by atoms with E-state index in [1.165, 1.54) is 0 Å². The molecule has 14 heavy (non-hydrogen) atoms. The van der Waals surface area contributed by atoms with Crippen LogP contribution in [-0.4, -0.2) is 15.8 Å². The van der Waals surface area contributed by atoms with Gasteiger partial charge in [0.2, 0.25) is 0 Å². The Labute approximate surface area is 81.8 Å². The highest BCUT2D eigenvalue weighted by Crippen LogP contribution is 2.14. The van der Waals surface area contributed by atoms with E-state index in [0.717, 1.165) is 11.1 Å². The number of rotatable bonds is 1. The molecule has 0 aromatic carbocycles. The van der Waals surface area contributed by atoms with Crippen molar-refractivity contribution in [3.8, 4) is 0 Å². The summed E-state index contributed by atoms with van der Waals surface area (Å²) >= 11 is 0. The van der Waals surface area contributed by atoms with E-state index in [0.29, 0.717) is 11.2 Å². The number of hydrogen-bond acceptors (Lipinski definition) is 3. The van der Waals surface area contributed by atoms with E-state index >= 15 is 0 Å². The normalized spacial score (nSPS) is 10.4. The molecule has 0 radical (unpaired) electrons. The molecule has 2 heterocycles. The third kappa shape index (κ3) is 1.37. The van der Waals surface area contributed by atoms with Crippen molar-refractivity contribution in [1.82, 2.24) is 9.97 Å². The molecule has 2 aromatic rings. The first-order valence-corrected chi connectivity index (χ1v) is 4.42. The molecule has 0 saturated carbocycles. The van der Waals surface area contributed by atoms with Gasteiger partial charge in [0.25, 0.3) is 0 Å². The molecule has 0 saturated heterocycles. The maximum absolute atomic E-state index is 11.2. The molecular weight excluding hydrogens is 176 g/mol. The van der Waals surface area contributed by atoms with Crippen LogP contribution in [0, 0.1) is 6.92 Å². The monoisotopic (exact) mass is 186 g/mol. The molecule has 70 valence electrons. The van der Waals surface area contributed by atoms with Gasteiger partial charge in [0.15, 0.2) is 11.4 Å². The Balaban J connectivity index is 2.77. The van der Waals surface area contributed by atoms with E-state index in [-0.39, 0.29) is 5.78 Å². The topological polar surface area (TPSA) is 42.9 Å². The van der Waals surface area contributed by atoms with Gasteiger partial charge in [0.1, 0.15) is 0 Å². The Hall–Kier alpha value is -1.77. The van der Waals surface area contributed by atoms with Crippen molar-refractivity contribution in [3.63, 3.8) is 0 Å². The van der Waals surface area contributed by atoms with Gasteiger partial charge in [-0.15, -0.1) is 0 Å². The number of hydrogen-bond donors (Lipinski definition) is 0. The standard InChI is InChI=1S/C11H10N2O/c1-7-10(8(2)14)6-9-4-3-5-12-11(9)13-7/h3-6H,1-2H3. The Bertz CT molecular complexity index is 506. The van der Waals surface area contributed by atoms with Gasteiger partial charge in [-0.2, -0.15) is 0 Å². The largest absolute Gasteiger partial charge is 0.294 e. The zero-order valence-electron chi connectivity index (χ0n) is 8.11. The predicted octanol–water partition coefficient (Wildman–Crippen LogP) is 2.14. The highest BCUT2D eigenvalue weighted by molar-refractivity contribution is 5.97. The number of aromatic nitrogens is 2. The van der Waals surface area contributed by atoms with Crippen molar-refractivity contribution >= 4 is 16.8 Å². The van der Waals surface area contributed by atoms with Gasteiger partial charge in [-0.1, -0.05) is 0 Å². The molecular formula is C11H10N2O. The zero-order chi connectivity index (χ0) is 10.1. The zero-order valence-corrected chi connectivity index (χ0v) is 8.11. The van der Waals surface area contributed by atoms with Crippen LogP contribution in [0.15, 0.2) is 24.4 Å². The summed E-state index contributed by atoms with van der Waals surface area (Å²) in [6.45, 7) is 3.37. The summed E-state index contributed by atoms with van der Waals surface area (Å²) in [5.74, 6) is 0.0424. The second-order valence-corrected chi connectivity index (χ2v) is 3.23. The third-order valence-corrected chi connectivity index (χ3v) is 2.16. The smallest absolute Gasteiger partial charge is 0.161 e. The quantitative estimate of drug-likeness (QED) is 0.641. The maximum Gasteiger partial charge on any atom is 0.161 e. The summed E-state index contributed by atoms with van der Waals surface area (Å²) in [4.78, 5) is 19.6. The van der Waals surface area contributed by atoms with Crippen LogP contribution in [0.1, 0.15) is 23.0 Å². The number of pyridine rings is 2. The molecule has 3 heteroatoms. The van der Waals surface area contributed by atoms with Crippen LogP contribution >= 0.6 is 0 Å². The summed E-state index contributed by atoms with van der Waals surface area (Å²) in [5.41, 5.74) is 2.10. The van der Waals surface area contributed by atoms with Crippen LogP contribution in [0.2, 0.25) is 0 Å². The number of fused-ring (bicyclic) bond motifs is 1. The first kappa shape index (κ1) is 8.81. The summed E-state index contributed by atoms with van der Waals surface area (Å²) in [6, 6.07) is 5.58. The lowest BCUT2D eigenvalue weighted by Crippen LogP contribution is -1.99. The van der Waals surface area contributed by atoms with Gasteiger partial charge in [-0.25, -0.2) is 9.97 Å². The molecule has 0 aliphatic rings. The van der Waals surface area contributed by atoms with Crippen LogP contribution in [0.25, 0.3) is 11.0 Å². The van der Waals surface area contributed by atoms with Crippen LogP contribution in [0.3, 0.4) is 0 Å². The fraction of sp³-hybridized carbons (Fsp3) is 0.182. The van der Waals surface area contributed by atoms with Gasteiger partial charge in [0, 0.05) is 17.1 Å². The lowest BCUT2D eigenvalue weighted by molar-refractivity contribution is 0.101. The Kier molecular flexibility index (Phi) is 2.00. The molecule has 2 aromatic heterocycles. The molecule has 0 unspecified atom stereocenters. The van der Waals surface area contributed by atoms with Crippen molar-refractivity contribution in [3.05, 3.63) is 35.7 Å². The van der Waals surface area contributed by atoms with E-state index in [1.54, 1.807) is 13.1 Å². The SMILES string of the molecule is CC(=O)c1cc2cccnc2nc1C. The summed E-state index contributed by atoms with van der Waals surface area (Å²) in [6.07, 6.45) is 1.70. The predicted molar refractivity (Wildman–Crippen MR) is 54.3 cm³/mol. The molecule has 2 rings (SSSR count). The van der Waals surface area contributed by atoms with Crippen molar-refractivity contribution in [2.75, 3.05) is 0 Å². The van der Waals surface area contributed by atoms with Crippen LogP contribution in [0.5, 0.6) is 0 Å². The molecule has 0 bridgehead atoms. The Morgan fingerprint density at radius 3 is 2.93 bits per heavy atom. The lowest BCUT2D eigenvalue weighted by Gasteiger charge is -2.02. The number of ketones is 1. The first-order chi connectivity index (χ1) is 6.68. The molecule has 0 fully saturated rings. The highest BCUT2D eigenvalue weighted by atomic mass is 16.1. The van der Waals surface area contributed by atoms with Crippen LogP contribution in [0.4, 0.5) is 0 Å². The molecule has 0 aliphatic carbocycles. The van der Waals surface area contributed by atoms with Crippen LogP contribution in [-0.2, 0) is 0 Å². The Morgan fingerprint density at radius 1 is 1.43 bits per heavy atom. The number of aryl methyl sites for hydroxylation is 1. The summed E-state index contributed by atoms with van der Waals surface area (Å²) < 4.78 is 0. The average molecular weight is 186 g/mol. The maximum atomic E-state index is 11.2. The van der Waals surface area contributed by atoms with Gasteiger partial charge in [-0.05, 0) is 32.0 Å². The lowest BCUT2D eigenvalue weighted by atomic mass is 10.1. The highest BCUT2D eigenvalue weighted by Gasteiger charge is 2.06. The number of carbonyl (C=O) groups excluding carboxylic acids is 1. The molecule has 0 aliphatic heterocycles. The van der Waals surface area contributed by atoms with Gasteiger partial charge in [0.05, 0.1) is 5.69 Å². The van der Waals surface area contributed by atoms with Gasteiger partial charge in [-0.3, -0.25) is 4.79 Å². The summed E-state index contributed by atoms with van der Waals surface area (Å²) in [7, 11) is 0. The molecule has 0 atom stereocenters. The number of nitrogens with zero attached hydrogens (tertiary/aromatic N) is 2. The van der Waals surface area contributed by atoms with Crippen molar-refractivity contribution in [2.24, 2.45) is 0 Å². The average Bonchev–Trinajstić information content (AvgIpc) is 2.16. The number of carbonyl (C=O) groups is 1. The molecule has 0 spiro atoms. The molecule has 0 amide bonds. The van der Waals surface area contributed by atoms with Crippen LogP contribution < -0.4 is 0 Å². The van der Waals surface area contributed by atoms with Gasteiger partial charge >= 0.3 is 0 Å². The van der Waals surface area contributed by atoms with Crippen molar-refractivity contribution in [1.29, 1.82) is 0 Å². The minimum Gasteiger partial charge on any atom is -0.294 e. The third-order valence-electron chi connectivity index (χ3n) is 2.16. The van der Waals surface area contributed by atoms with Crippen molar-refractivity contribution in [2.45, 2.75) is 13.8 Å². The van der Waals surface area contributed by atoms with Crippen molar-refractivity contribution < 1.29 is 4.79 Å². The van der Waals surface area contributed by atoms with Gasteiger partial charge < -0.3 is 0 Å².